The average molecular weight is 325 g/mol. The number of nitriles is 1. The van der Waals surface area contributed by atoms with Gasteiger partial charge in [0.05, 0.1) is 11.5 Å². The highest BCUT2D eigenvalue weighted by Crippen LogP contribution is 2.40. The lowest BCUT2D eigenvalue weighted by Gasteiger charge is -2.44. The van der Waals surface area contributed by atoms with Crippen molar-refractivity contribution in [2.24, 2.45) is 0 Å². The number of hydrogen-bond donors (Lipinski definition) is 2. The Morgan fingerprint density at radius 1 is 1.25 bits per heavy atom. The van der Waals surface area contributed by atoms with Crippen LogP contribution in [0.3, 0.4) is 0 Å². The van der Waals surface area contributed by atoms with E-state index in [0.29, 0.717) is 12.1 Å². The van der Waals surface area contributed by atoms with E-state index >= 15 is 0 Å². The summed E-state index contributed by atoms with van der Waals surface area (Å²) in [4.78, 5) is 2.58. The molecule has 128 valence electrons. The summed E-state index contributed by atoms with van der Waals surface area (Å²) in [5.74, 6) is 0. The van der Waals surface area contributed by atoms with Crippen LogP contribution in [-0.4, -0.2) is 42.1 Å². The molecule has 1 aliphatic carbocycles. The first-order valence-electron chi connectivity index (χ1n) is 9.28. The normalized spacial score (nSPS) is 31.4. The lowest BCUT2D eigenvalue weighted by atomic mass is 9.69. The molecule has 1 aliphatic heterocycles. The third-order valence-corrected chi connectivity index (χ3v) is 5.80. The quantitative estimate of drug-likeness (QED) is 0.836. The minimum atomic E-state index is -0.439. The van der Waals surface area contributed by atoms with Crippen LogP contribution in [0, 0.1) is 11.3 Å². The maximum atomic E-state index is 9.83. The highest BCUT2D eigenvalue weighted by molar-refractivity contribution is 6.45. The molecule has 1 heterocycles. The van der Waals surface area contributed by atoms with Crippen molar-refractivity contribution in [2.75, 3.05) is 13.1 Å². The lowest BCUT2D eigenvalue weighted by molar-refractivity contribution is 0.102. The van der Waals surface area contributed by atoms with Crippen molar-refractivity contribution < 1.29 is 5.02 Å². The zero-order valence-electron chi connectivity index (χ0n) is 14.6. The third-order valence-electron chi connectivity index (χ3n) is 5.80. The fraction of sp³-hybridized carbons (Fsp3) is 0.632. The van der Waals surface area contributed by atoms with Gasteiger partial charge in [-0.05, 0) is 57.5 Å². The summed E-state index contributed by atoms with van der Waals surface area (Å²) in [5, 5.41) is 22.7. The Hall–Kier alpha value is -1.35. The van der Waals surface area contributed by atoms with Gasteiger partial charge in [0.25, 0.3) is 0 Å². The molecule has 0 spiro atoms. The van der Waals surface area contributed by atoms with Gasteiger partial charge in [0.1, 0.15) is 0 Å². The topological polar surface area (TPSA) is 59.3 Å². The van der Waals surface area contributed by atoms with Crippen molar-refractivity contribution in [1.29, 1.82) is 5.26 Å². The molecule has 0 amide bonds. The number of rotatable bonds is 4. The summed E-state index contributed by atoms with van der Waals surface area (Å²) in [6.45, 7) is 3.95. The Balaban J connectivity index is 1.61. The van der Waals surface area contributed by atoms with E-state index in [4.69, 9.17) is 0 Å². The van der Waals surface area contributed by atoms with Crippen LogP contribution >= 0.6 is 0 Å². The van der Waals surface area contributed by atoms with Crippen molar-refractivity contribution in [3.63, 3.8) is 0 Å². The van der Waals surface area contributed by atoms with Crippen LogP contribution in [0.4, 0.5) is 0 Å². The van der Waals surface area contributed by atoms with Gasteiger partial charge < -0.3 is 10.3 Å². The van der Waals surface area contributed by atoms with E-state index in [2.05, 4.69) is 28.3 Å². The third kappa shape index (κ3) is 3.83. The highest BCUT2D eigenvalue weighted by atomic mass is 16.2. The molecule has 24 heavy (non-hydrogen) atoms. The summed E-state index contributed by atoms with van der Waals surface area (Å²) < 4.78 is 0. The lowest BCUT2D eigenvalue weighted by Crippen LogP contribution is -2.53. The van der Waals surface area contributed by atoms with Gasteiger partial charge in [0.2, 0.25) is 0 Å². The van der Waals surface area contributed by atoms with Gasteiger partial charge >= 0.3 is 7.05 Å². The van der Waals surface area contributed by atoms with E-state index in [1.807, 2.05) is 18.2 Å². The van der Waals surface area contributed by atoms with Crippen molar-refractivity contribution in [2.45, 2.75) is 62.8 Å². The molecule has 1 unspecified atom stereocenters. The highest BCUT2D eigenvalue weighted by Gasteiger charge is 2.39. The van der Waals surface area contributed by atoms with E-state index in [-0.39, 0.29) is 5.41 Å². The minimum Gasteiger partial charge on any atom is -0.437 e. The predicted molar refractivity (Wildman–Crippen MR) is 97.6 cm³/mol. The fourth-order valence-corrected chi connectivity index (χ4v) is 4.50. The number of piperidine rings is 1. The maximum Gasteiger partial charge on any atom is 0.373 e. The second-order valence-electron chi connectivity index (χ2n) is 7.47. The monoisotopic (exact) mass is 325 g/mol. The molecule has 2 fully saturated rings. The van der Waals surface area contributed by atoms with E-state index in [1.54, 1.807) is 6.82 Å². The Bertz CT molecular complexity index is 564. The summed E-state index contributed by atoms with van der Waals surface area (Å²) >= 11 is 0. The number of benzene rings is 1. The van der Waals surface area contributed by atoms with E-state index in [1.165, 1.54) is 12.0 Å². The van der Waals surface area contributed by atoms with E-state index in [9.17, 15) is 10.3 Å². The zero-order valence-corrected chi connectivity index (χ0v) is 14.6. The van der Waals surface area contributed by atoms with Gasteiger partial charge in [-0.1, -0.05) is 30.3 Å². The molecule has 4 nitrogen and oxygen atoms in total. The zero-order chi connectivity index (χ0) is 17.0. The van der Waals surface area contributed by atoms with Gasteiger partial charge in [-0.2, -0.15) is 5.26 Å². The molecule has 1 atom stereocenters. The molecule has 3 rings (SSSR count). The molecule has 1 aromatic carbocycles. The van der Waals surface area contributed by atoms with Crippen LogP contribution in [0.25, 0.3) is 0 Å². The molecular formula is C19H28BN3O. The Morgan fingerprint density at radius 3 is 2.58 bits per heavy atom. The number of likely N-dealkylation sites (tertiary alicyclic amines) is 1. The molecule has 0 bridgehead atoms. The van der Waals surface area contributed by atoms with Crippen LogP contribution in [0.1, 0.15) is 44.1 Å². The van der Waals surface area contributed by atoms with Crippen LogP contribution in [-0.2, 0) is 5.41 Å². The summed E-state index contributed by atoms with van der Waals surface area (Å²) in [5.41, 5.74) is 0.878. The van der Waals surface area contributed by atoms with Gasteiger partial charge in [-0.25, -0.2) is 0 Å². The summed E-state index contributed by atoms with van der Waals surface area (Å²) in [6.07, 6.45) is 6.39. The number of nitrogens with one attached hydrogen (secondary N) is 1. The van der Waals surface area contributed by atoms with Crippen molar-refractivity contribution >= 4 is 7.05 Å². The van der Waals surface area contributed by atoms with Crippen molar-refractivity contribution in [3.05, 3.63) is 35.9 Å². The Morgan fingerprint density at radius 2 is 1.96 bits per heavy atom. The first kappa shape index (κ1) is 17.5. The largest absolute Gasteiger partial charge is 0.437 e. The molecule has 1 saturated heterocycles. The molecule has 1 aromatic rings. The van der Waals surface area contributed by atoms with Crippen LogP contribution in [0.2, 0.25) is 6.82 Å². The molecule has 5 heteroatoms. The second-order valence-corrected chi connectivity index (χ2v) is 7.47. The fourth-order valence-electron chi connectivity index (χ4n) is 4.50. The molecule has 2 N–H and O–H groups in total. The van der Waals surface area contributed by atoms with E-state index in [0.717, 1.165) is 45.2 Å². The molecule has 2 aliphatic rings. The Kier molecular flexibility index (Phi) is 5.60. The summed E-state index contributed by atoms with van der Waals surface area (Å²) in [7, 11) is -0.439. The van der Waals surface area contributed by atoms with Gasteiger partial charge in [0, 0.05) is 18.6 Å². The van der Waals surface area contributed by atoms with Gasteiger partial charge in [0.15, 0.2) is 0 Å². The van der Waals surface area contributed by atoms with Crippen molar-refractivity contribution in [3.8, 4) is 6.07 Å². The van der Waals surface area contributed by atoms with Gasteiger partial charge in [-0.3, -0.25) is 4.90 Å². The Labute approximate surface area is 146 Å². The first-order chi connectivity index (χ1) is 11.6. The van der Waals surface area contributed by atoms with Crippen molar-refractivity contribution in [1.82, 2.24) is 10.1 Å². The molecular weight excluding hydrogens is 297 g/mol. The maximum absolute atomic E-state index is 9.83. The summed E-state index contributed by atoms with van der Waals surface area (Å²) in [6, 6.07) is 13.9. The van der Waals surface area contributed by atoms with Crippen LogP contribution in [0.5, 0.6) is 0 Å². The van der Waals surface area contributed by atoms with Gasteiger partial charge in [-0.15, -0.1) is 0 Å². The second kappa shape index (κ2) is 7.69. The SMILES string of the molecule is CB(O)NC1CCCN(C2CCC(C#N)(c3ccccc3)CC2)C1. The molecule has 0 radical (unpaired) electrons. The average Bonchev–Trinajstić information content (AvgIpc) is 2.62. The predicted octanol–water partition coefficient (Wildman–Crippen LogP) is 2.55. The molecule has 0 aromatic heterocycles. The number of hydrogen-bond acceptors (Lipinski definition) is 4. The smallest absolute Gasteiger partial charge is 0.373 e. The minimum absolute atomic E-state index is 0.301. The number of nitrogens with zero attached hydrogens (tertiary/aromatic N) is 2. The van der Waals surface area contributed by atoms with Crippen LogP contribution < -0.4 is 5.23 Å². The van der Waals surface area contributed by atoms with Crippen LogP contribution in [0.15, 0.2) is 30.3 Å². The first-order valence-corrected chi connectivity index (χ1v) is 9.28. The standard InChI is InChI=1S/C19H28BN3O/c1-20(24)22-17-8-5-13-23(14-17)18-9-11-19(15-21,12-10-18)16-6-3-2-4-7-16/h2-4,6-7,17-18,22,24H,5,8-14H2,1H3. The van der Waals surface area contributed by atoms with E-state index < -0.39 is 7.05 Å². The molecule has 1 saturated carbocycles.